The second-order valence-corrected chi connectivity index (χ2v) is 10.1. The standard InChI is InChI=1S/C26H25ClN2O4S/c1-13(2)16-6-8-17(9-7-16)22-21(23(30)18-10-11-20(33-5)19(27)12-18)24(31)25(32)29(22)26-28-14(3)15(4)34-26/h6-13,22,30H,1-5H3/t22-/m0/s1. The molecule has 1 aliphatic rings. The Morgan fingerprint density at radius 1 is 1.15 bits per heavy atom. The number of anilines is 1. The number of benzene rings is 2. The Morgan fingerprint density at radius 3 is 2.35 bits per heavy atom. The zero-order valence-corrected chi connectivity index (χ0v) is 21.1. The van der Waals surface area contributed by atoms with E-state index < -0.39 is 17.7 Å². The van der Waals surface area contributed by atoms with Gasteiger partial charge in [0.1, 0.15) is 11.5 Å². The van der Waals surface area contributed by atoms with E-state index in [1.54, 1.807) is 12.1 Å². The summed E-state index contributed by atoms with van der Waals surface area (Å²) in [6, 6.07) is 11.6. The number of aliphatic hydroxyl groups excluding tert-OH is 1. The summed E-state index contributed by atoms with van der Waals surface area (Å²) in [6.07, 6.45) is 0. The predicted molar refractivity (Wildman–Crippen MR) is 135 cm³/mol. The number of ether oxygens (including phenoxy) is 1. The van der Waals surface area contributed by atoms with Gasteiger partial charge in [-0.15, -0.1) is 11.3 Å². The average Bonchev–Trinajstić information content (AvgIpc) is 3.28. The van der Waals surface area contributed by atoms with Gasteiger partial charge >= 0.3 is 5.91 Å². The summed E-state index contributed by atoms with van der Waals surface area (Å²) in [5.74, 6) is -1.03. The van der Waals surface area contributed by atoms with Crippen molar-refractivity contribution in [2.45, 2.75) is 39.7 Å². The largest absolute Gasteiger partial charge is 0.507 e. The van der Waals surface area contributed by atoms with E-state index in [1.807, 2.05) is 38.1 Å². The van der Waals surface area contributed by atoms with Gasteiger partial charge in [0.15, 0.2) is 5.13 Å². The molecule has 34 heavy (non-hydrogen) atoms. The van der Waals surface area contributed by atoms with Gasteiger partial charge in [0.2, 0.25) is 0 Å². The highest BCUT2D eigenvalue weighted by Gasteiger charge is 2.48. The Hall–Kier alpha value is -3.16. The van der Waals surface area contributed by atoms with Gasteiger partial charge in [0.25, 0.3) is 5.78 Å². The number of aromatic nitrogens is 1. The second kappa shape index (κ2) is 9.24. The van der Waals surface area contributed by atoms with Crippen molar-refractivity contribution < 1.29 is 19.4 Å². The number of aliphatic hydroxyl groups is 1. The molecule has 0 aliphatic carbocycles. The summed E-state index contributed by atoms with van der Waals surface area (Å²) in [5, 5.41) is 12.0. The SMILES string of the molecule is COc1ccc(C(O)=C2C(=O)C(=O)N(c3nc(C)c(C)s3)[C@H]2c2ccc(C(C)C)cc2)cc1Cl. The highest BCUT2D eigenvalue weighted by atomic mass is 35.5. The van der Waals surface area contributed by atoms with Gasteiger partial charge in [-0.1, -0.05) is 49.7 Å². The molecule has 6 nitrogen and oxygen atoms in total. The third-order valence-electron chi connectivity index (χ3n) is 6.01. The molecule has 3 aromatic rings. The molecule has 1 saturated heterocycles. The monoisotopic (exact) mass is 496 g/mol. The van der Waals surface area contributed by atoms with Gasteiger partial charge < -0.3 is 9.84 Å². The van der Waals surface area contributed by atoms with Crippen LogP contribution in [0.4, 0.5) is 5.13 Å². The lowest BCUT2D eigenvalue weighted by Gasteiger charge is -2.23. The molecule has 1 N–H and O–H groups in total. The average molecular weight is 497 g/mol. The lowest BCUT2D eigenvalue weighted by molar-refractivity contribution is -0.132. The molecular weight excluding hydrogens is 472 g/mol. The summed E-state index contributed by atoms with van der Waals surface area (Å²) < 4.78 is 5.19. The first-order chi connectivity index (χ1) is 16.1. The number of halogens is 1. The number of hydrogen-bond acceptors (Lipinski definition) is 6. The van der Waals surface area contributed by atoms with Crippen LogP contribution in [0, 0.1) is 13.8 Å². The number of carbonyl (C=O) groups excluding carboxylic acids is 2. The Bertz CT molecular complexity index is 1290. The summed E-state index contributed by atoms with van der Waals surface area (Å²) in [6.45, 7) is 7.96. The van der Waals surface area contributed by atoms with Crippen LogP contribution in [0.15, 0.2) is 48.0 Å². The summed E-state index contributed by atoms with van der Waals surface area (Å²) in [7, 11) is 1.49. The maximum atomic E-state index is 13.3. The molecule has 176 valence electrons. The molecule has 4 rings (SSSR count). The number of rotatable bonds is 5. The highest BCUT2D eigenvalue weighted by molar-refractivity contribution is 7.16. The van der Waals surface area contributed by atoms with Gasteiger partial charge in [-0.05, 0) is 49.1 Å². The number of hydrogen-bond donors (Lipinski definition) is 1. The van der Waals surface area contributed by atoms with Crippen LogP contribution >= 0.6 is 22.9 Å². The van der Waals surface area contributed by atoms with Gasteiger partial charge in [-0.25, -0.2) is 4.98 Å². The minimum absolute atomic E-state index is 0.00552. The topological polar surface area (TPSA) is 79.7 Å². The van der Waals surface area contributed by atoms with Gasteiger partial charge in [-0.2, -0.15) is 0 Å². The van der Waals surface area contributed by atoms with Gasteiger partial charge in [0.05, 0.1) is 29.4 Å². The fourth-order valence-electron chi connectivity index (χ4n) is 3.94. The molecule has 2 heterocycles. The predicted octanol–water partition coefficient (Wildman–Crippen LogP) is 6.17. The van der Waals surface area contributed by atoms with E-state index in [0.717, 1.165) is 16.1 Å². The highest BCUT2D eigenvalue weighted by Crippen LogP contribution is 2.44. The Kier molecular flexibility index (Phi) is 6.51. The van der Waals surface area contributed by atoms with Gasteiger partial charge in [-0.3, -0.25) is 14.5 Å². The van der Waals surface area contributed by atoms with Crippen LogP contribution in [-0.4, -0.2) is 28.9 Å². The second-order valence-electron chi connectivity index (χ2n) is 8.48. The van der Waals surface area contributed by atoms with E-state index in [9.17, 15) is 14.7 Å². The number of aryl methyl sites for hydroxylation is 2. The first-order valence-electron chi connectivity index (χ1n) is 10.8. The molecule has 1 amide bonds. The van der Waals surface area contributed by atoms with Crippen molar-refractivity contribution >= 4 is 45.5 Å². The number of amides is 1. The maximum absolute atomic E-state index is 13.3. The molecule has 0 spiro atoms. The van der Waals surface area contributed by atoms with E-state index in [-0.39, 0.29) is 16.4 Å². The number of thiazole rings is 1. The minimum Gasteiger partial charge on any atom is -0.507 e. The van der Waals surface area contributed by atoms with Crippen LogP contribution in [0.2, 0.25) is 5.02 Å². The minimum atomic E-state index is -0.827. The normalized spacial score (nSPS) is 17.6. The molecule has 1 atom stereocenters. The molecule has 1 fully saturated rings. The lowest BCUT2D eigenvalue weighted by atomic mass is 9.93. The van der Waals surface area contributed by atoms with E-state index in [2.05, 4.69) is 18.8 Å². The first kappa shape index (κ1) is 24.0. The van der Waals surface area contributed by atoms with Crippen LogP contribution in [0.1, 0.15) is 53.1 Å². The molecule has 0 saturated carbocycles. The van der Waals surface area contributed by atoms with Crippen molar-refractivity contribution in [3.05, 3.63) is 80.3 Å². The quantitative estimate of drug-likeness (QED) is 0.259. The van der Waals surface area contributed by atoms with Crippen LogP contribution in [0.5, 0.6) is 5.75 Å². The molecule has 1 aliphatic heterocycles. The first-order valence-corrected chi connectivity index (χ1v) is 12.0. The molecule has 8 heteroatoms. The Balaban J connectivity index is 1.93. The molecular formula is C26H25ClN2O4S. The number of nitrogens with zero attached hydrogens (tertiary/aromatic N) is 2. The van der Waals surface area contributed by atoms with E-state index in [1.165, 1.54) is 29.4 Å². The number of Topliss-reactive ketones (excluding diaryl/α,β-unsaturated/α-hetero) is 1. The van der Waals surface area contributed by atoms with E-state index in [0.29, 0.717) is 27.9 Å². The van der Waals surface area contributed by atoms with Crippen LogP contribution in [-0.2, 0) is 9.59 Å². The zero-order valence-electron chi connectivity index (χ0n) is 19.5. The van der Waals surface area contributed by atoms with Crippen LogP contribution < -0.4 is 9.64 Å². The van der Waals surface area contributed by atoms with Gasteiger partial charge in [0, 0.05) is 10.4 Å². The Labute approximate surface area is 207 Å². The molecule has 0 radical (unpaired) electrons. The van der Waals surface area contributed by atoms with E-state index >= 15 is 0 Å². The molecule has 0 unspecified atom stereocenters. The summed E-state index contributed by atoms with van der Waals surface area (Å²) in [5.41, 5.74) is 2.93. The summed E-state index contributed by atoms with van der Waals surface area (Å²) >= 11 is 7.60. The third kappa shape index (κ3) is 4.10. The fourth-order valence-corrected chi connectivity index (χ4v) is 5.13. The van der Waals surface area contributed by atoms with Crippen molar-refractivity contribution in [3.63, 3.8) is 0 Å². The van der Waals surface area contributed by atoms with Crippen molar-refractivity contribution in [1.82, 2.24) is 4.98 Å². The smallest absolute Gasteiger partial charge is 0.301 e. The molecule has 0 bridgehead atoms. The molecule has 1 aromatic heterocycles. The van der Waals surface area contributed by atoms with Crippen LogP contribution in [0.3, 0.4) is 0 Å². The van der Waals surface area contributed by atoms with Crippen molar-refractivity contribution in [1.29, 1.82) is 0 Å². The third-order valence-corrected chi connectivity index (χ3v) is 7.38. The number of ketones is 1. The van der Waals surface area contributed by atoms with Crippen molar-refractivity contribution in [2.75, 3.05) is 12.0 Å². The molecule has 2 aromatic carbocycles. The fraction of sp³-hybridized carbons (Fsp3) is 0.269. The zero-order chi connectivity index (χ0) is 24.7. The van der Waals surface area contributed by atoms with E-state index in [4.69, 9.17) is 16.3 Å². The number of carbonyl (C=O) groups is 2. The summed E-state index contributed by atoms with van der Waals surface area (Å²) in [4.78, 5) is 33.4. The maximum Gasteiger partial charge on any atom is 0.301 e. The number of methoxy groups -OCH3 is 1. The lowest BCUT2D eigenvalue weighted by Crippen LogP contribution is -2.29. The van der Waals surface area contributed by atoms with Crippen LogP contribution in [0.25, 0.3) is 5.76 Å². The van der Waals surface area contributed by atoms with Crippen molar-refractivity contribution in [3.8, 4) is 5.75 Å². The van der Waals surface area contributed by atoms with Crippen molar-refractivity contribution in [2.24, 2.45) is 0 Å². The Morgan fingerprint density at radius 2 is 1.82 bits per heavy atom.